The predicted molar refractivity (Wildman–Crippen MR) is 79.8 cm³/mol. The van der Waals surface area contributed by atoms with Gasteiger partial charge < -0.3 is 10.4 Å². The van der Waals surface area contributed by atoms with Crippen LogP contribution < -0.4 is 5.32 Å². The molecular weight excluding hydrogens is 290 g/mol. The first-order chi connectivity index (χ1) is 10.1. The van der Waals surface area contributed by atoms with Gasteiger partial charge in [0.05, 0.1) is 30.9 Å². The maximum absolute atomic E-state index is 11.5. The first-order valence-corrected chi connectivity index (χ1v) is 9.53. The molecule has 1 aliphatic carbocycles. The third-order valence-corrected chi connectivity index (χ3v) is 6.28. The molecule has 1 aliphatic heterocycles. The molecule has 0 radical (unpaired) electrons. The average Bonchev–Trinajstić information content (AvgIpc) is 2.86. The van der Waals surface area contributed by atoms with Crippen molar-refractivity contribution >= 4 is 9.84 Å². The van der Waals surface area contributed by atoms with Crippen LogP contribution in [0.3, 0.4) is 0 Å². The van der Waals surface area contributed by atoms with E-state index in [1.165, 1.54) is 11.3 Å². The summed E-state index contributed by atoms with van der Waals surface area (Å²) in [6, 6.07) is 0.553. The molecule has 2 aliphatic rings. The van der Waals surface area contributed by atoms with E-state index in [1.807, 2.05) is 10.9 Å². The second kappa shape index (κ2) is 6.06. The number of nitrogens with zero attached hydrogens (tertiary/aromatic N) is 2. The molecule has 1 saturated heterocycles. The Hall–Kier alpha value is -0.920. The summed E-state index contributed by atoms with van der Waals surface area (Å²) in [7, 11) is -2.80. The quantitative estimate of drug-likeness (QED) is 0.841. The molecule has 6 nitrogen and oxygen atoms in total. The van der Waals surface area contributed by atoms with E-state index in [-0.39, 0.29) is 18.7 Å². The van der Waals surface area contributed by atoms with Crippen molar-refractivity contribution in [2.45, 2.75) is 50.7 Å². The highest BCUT2D eigenvalue weighted by molar-refractivity contribution is 7.91. The Morgan fingerprint density at radius 2 is 2.10 bits per heavy atom. The lowest BCUT2D eigenvalue weighted by Crippen LogP contribution is -2.40. The van der Waals surface area contributed by atoms with Crippen molar-refractivity contribution in [1.29, 1.82) is 0 Å². The van der Waals surface area contributed by atoms with E-state index in [1.54, 1.807) is 0 Å². The molecule has 1 unspecified atom stereocenters. The number of sulfone groups is 1. The summed E-state index contributed by atoms with van der Waals surface area (Å²) in [6.07, 6.45) is 6.50. The molecule has 0 bridgehead atoms. The van der Waals surface area contributed by atoms with E-state index in [0.717, 1.165) is 19.3 Å². The molecule has 21 heavy (non-hydrogen) atoms. The summed E-state index contributed by atoms with van der Waals surface area (Å²) >= 11 is 0. The molecule has 7 heteroatoms. The van der Waals surface area contributed by atoms with Crippen molar-refractivity contribution in [3.8, 4) is 0 Å². The van der Waals surface area contributed by atoms with Gasteiger partial charge >= 0.3 is 0 Å². The lowest BCUT2D eigenvalue weighted by atomic mass is 9.92. The van der Waals surface area contributed by atoms with Gasteiger partial charge in [0, 0.05) is 23.3 Å². The first-order valence-electron chi connectivity index (χ1n) is 7.71. The fraction of sp³-hybridized carbons (Fsp3) is 0.786. The molecule has 3 rings (SSSR count). The third-order valence-electron chi connectivity index (χ3n) is 4.57. The summed E-state index contributed by atoms with van der Waals surface area (Å²) in [6.45, 7) is 0.649. The van der Waals surface area contributed by atoms with Gasteiger partial charge in [-0.2, -0.15) is 5.10 Å². The minimum Gasteiger partial charge on any atom is -0.394 e. The van der Waals surface area contributed by atoms with Crippen LogP contribution in [-0.2, 0) is 22.8 Å². The van der Waals surface area contributed by atoms with Crippen molar-refractivity contribution in [2.24, 2.45) is 0 Å². The summed E-state index contributed by atoms with van der Waals surface area (Å²) in [5.74, 6) is 0.599. The SMILES string of the molecule is O=S1(=O)CCC(NC2CCCc3c2cnn3CCO)CC1. The molecule has 1 atom stereocenters. The van der Waals surface area contributed by atoms with E-state index in [4.69, 9.17) is 5.11 Å². The van der Waals surface area contributed by atoms with Gasteiger partial charge in [0.1, 0.15) is 9.84 Å². The molecule has 1 fully saturated rings. The number of hydrogen-bond acceptors (Lipinski definition) is 5. The van der Waals surface area contributed by atoms with Crippen LogP contribution in [0.1, 0.15) is 43.0 Å². The van der Waals surface area contributed by atoms with Crippen LogP contribution >= 0.6 is 0 Å². The molecule has 0 amide bonds. The molecule has 2 heterocycles. The largest absolute Gasteiger partial charge is 0.394 e. The monoisotopic (exact) mass is 313 g/mol. The van der Waals surface area contributed by atoms with Crippen LogP contribution in [0.25, 0.3) is 0 Å². The molecule has 1 aromatic heterocycles. The van der Waals surface area contributed by atoms with Gasteiger partial charge in [-0.15, -0.1) is 0 Å². The number of fused-ring (bicyclic) bond motifs is 1. The highest BCUT2D eigenvalue weighted by Gasteiger charge is 2.29. The number of aromatic nitrogens is 2. The van der Waals surface area contributed by atoms with Crippen molar-refractivity contribution in [1.82, 2.24) is 15.1 Å². The fourth-order valence-corrected chi connectivity index (χ4v) is 4.91. The zero-order valence-electron chi connectivity index (χ0n) is 12.2. The molecular formula is C14H23N3O3S. The van der Waals surface area contributed by atoms with Crippen molar-refractivity contribution in [3.05, 3.63) is 17.5 Å². The normalized spacial score (nSPS) is 25.7. The minimum absolute atomic E-state index is 0.104. The Labute approximate surface area is 125 Å². The average molecular weight is 313 g/mol. The van der Waals surface area contributed by atoms with E-state index < -0.39 is 9.84 Å². The van der Waals surface area contributed by atoms with E-state index >= 15 is 0 Å². The van der Waals surface area contributed by atoms with E-state index in [2.05, 4.69) is 10.4 Å². The topological polar surface area (TPSA) is 84.2 Å². The molecule has 0 spiro atoms. The minimum atomic E-state index is -2.80. The number of aliphatic hydroxyl groups is 1. The Kier molecular flexibility index (Phi) is 4.33. The van der Waals surface area contributed by atoms with E-state index in [0.29, 0.717) is 30.9 Å². The van der Waals surface area contributed by atoms with Gasteiger partial charge in [-0.05, 0) is 32.1 Å². The molecule has 2 N–H and O–H groups in total. The zero-order valence-corrected chi connectivity index (χ0v) is 13.0. The number of hydrogen-bond donors (Lipinski definition) is 2. The van der Waals surface area contributed by atoms with Gasteiger partial charge in [0.2, 0.25) is 0 Å². The summed E-state index contributed by atoms with van der Waals surface area (Å²) in [5, 5.41) is 17.1. The lowest BCUT2D eigenvalue weighted by molar-refractivity contribution is 0.266. The number of nitrogens with one attached hydrogen (secondary N) is 1. The highest BCUT2D eigenvalue weighted by atomic mass is 32.2. The van der Waals surface area contributed by atoms with Crippen LogP contribution in [-0.4, -0.2) is 47.5 Å². The Morgan fingerprint density at radius 1 is 1.33 bits per heavy atom. The third kappa shape index (κ3) is 3.30. The second-order valence-corrected chi connectivity index (χ2v) is 8.33. The Morgan fingerprint density at radius 3 is 2.81 bits per heavy atom. The summed E-state index contributed by atoms with van der Waals surface area (Å²) in [5.41, 5.74) is 2.44. The second-order valence-electron chi connectivity index (χ2n) is 6.03. The van der Waals surface area contributed by atoms with E-state index in [9.17, 15) is 8.42 Å². The Balaban J connectivity index is 1.68. The van der Waals surface area contributed by atoms with Crippen molar-refractivity contribution in [3.63, 3.8) is 0 Å². The fourth-order valence-electron chi connectivity index (χ4n) is 3.42. The standard InChI is InChI=1S/C14H23N3O3S/c18-7-6-17-14-3-1-2-13(12(14)10-15-17)16-11-4-8-21(19,20)9-5-11/h10-11,13,16,18H,1-9H2. The van der Waals surface area contributed by atoms with Crippen LogP contribution in [0.15, 0.2) is 6.20 Å². The molecule has 0 saturated carbocycles. The van der Waals surface area contributed by atoms with Gasteiger partial charge in [0.15, 0.2) is 0 Å². The Bertz CT molecular complexity index is 583. The van der Waals surface area contributed by atoms with Crippen molar-refractivity contribution < 1.29 is 13.5 Å². The molecule has 118 valence electrons. The highest BCUT2D eigenvalue weighted by Crippen LogP contribution is 2.31. The summed E-state index contributed by atoms with van der Waals surface area (Å²) in [4.78, 5) is 0. The van der Waals surface area contributed by atoms with Crippen LogP contribution in [0.2, 0.25) is 0 Å². The number of rotatable bonds is 4. The lowest BCUT2D eigenvalue weighted by Gasteiger charge is -2.31. The molecule has 0 aromatic carbocycles. The van der Waals surface area contributed by atoms with Gasteiger partial charge in [-0.1, -0.05) is 0 Å². The maximum Gasteiger partial charge on any atom is 0.150 e. The predicted octanol–water partition coefficient (Wildman–Crippen LogP) is 0.420. The number of aliphatic hydroxyl groups excluding tert-OH is 1. The maximum atomic E-state index is 11.5. The van der Waals surface area contributed by atoms with Crippen LogP contribution in [0.4, 0.5) is 0 Å². The summed E-state index contributed by atoms with van der Waals surface area (Å²) < 4.78 is 24.9. The van der Waals surface area contributed by atoms with Gasteiger partial charge in [0.25, 0.3) is 0 Å². The van der Waals surface area contributed by atoms with Gasteiger partial charge in [-0.3, -0.25) is 4.68 Å². The van der Waals surface area contributed by atoms with Crippen LogP contribution in [0.5, 0.6) is 0 Å². The molecule has 1 aromatic rings. The smallest absolute Gasteiger partial charge is 0.150 e. The zero-order chi connectivity index (χ0) is 14.9. The van der Waals surface area contributed by atoms with Crippen molar-refractivity contribution in [2.75, 3.05) is 18.1 Å². The first kappa shape index (κ1) is 15.0. The van der Waals surface area contributed by atoms with Crippen LogP contribution in [0, 0.1) is 0 Å². The van der Waals surface area contributed by atoms with Gasteiger partial charge in [-0.25, -0.2) is 8.42 Å².